The van der Waals surface area contributed by atoms with Crippen molar-refractivity contribution in [2.75, 3.05) is 27.2 Å². The van der Waals surface area contributed by atoms with Gasteiger partial charge in [-0.2, -0.15) is 5.26 Å². The Morgan fingerprint density at radius 2 is 2.22 bits per heavy atom. The van der Waals surface area contributed by atoms with Gasteiger partial charge in [-0.15, -0.1) is 5.10 Å². The van der Waals surface area contributed by atoms with Gasteiger partial charge in [-0.1, -0.05) is 11.3 Å². The van der Waals surface area contributed by atoms with Crippen molar-refractivity contribution in [1.29, 1.82) is 5.26 Å². The molecule has 2 aromatic heterocycles. The van der Waals surface area contributed by atoms with Gasteiger partial charge >= 0.3 is 0 Å². The second kappa shape index (κ2) is 6.14. The first-order valence-electron chi connectivity index (χ1n) is 7.29. The Morgan fingerprint density at radius 1 is 1.39 bits per heavy atom. The molecule has 0 aliphatic carbocycles. The summed E-state index contributed by atoms with van der Waals surface area (Å²) in [7, 11) is 3.97. The number of nitrogens with zero attached hydrogens (tertiary/aromatic N) is 7. The van der Waals surface area contributed by atoms with Crippen LogP contribution in [0.2, 0.25) is 0 Å². The number of carbonyl (C=O) groups is 1. The van der Waals surface area contributed by atoms with Crippen LogP contribution in [0.3, 0.4) is 0 Å². The average Bonchev–Trinajstić information content (AvgIpc) is 3.23. The largest absolute Gasteiger partial charge is 0.333 e. The predicted molar refractivity (Wildman–Crippen MR) is 81.4 cm³/mol. The van der Waals surface area contributed by atoms with Crippen molar-refractivity contribution in [3.8, 4) is 6.07 Å². The van der Waals surface area contributed by atoms with Crippen molar-refractivity contribution < 1.29 is 4.79 Å². The molecule has 23 heavy (non-hydrogen) atoms. The smallest absolute Gasteiger partial charge is 0.272 e. The van der Waals surface area contributed by atoms with Crippen LogP contribution in [0.4, 0.5) is 0 Å². The highest BCUT2D eigenvalue weighted by atomic mass is 16.2. The molecule has 3 rings (SSSR count). The van der Waals surface area contributed by atoms with E-state index in [1.807, 2.05) is 26.4 Å². The Morgan fingerprint density at radius 3 is 2.87 bits per heavy atom. The lowest BCUT2D eigenvalue weighted by Crippen LogP contribution is -2.37. The van der Waals surface area contributed by atoms with Gasteiger partial charge in [-0.3, -0.25) is 4.79 Å². The highest BCUT2D eigenvalue weighted by Gasteiger charge is 2.38. The zero-order valence-electron chi connectivity index (χ0n) is 13.0. The highest BCUT2D eigenvalue weighted by Crippen LogP contribution is 2.25. The Kier molecular flexibility index (Phi) is 4.04. The summed E-state index contributed by atoms with van der Waals surface area (Å²) >= 11 is 0. The number of likely N-dealkylation sites (N-methyl/N-ethyl adjacent to an activating group) is 1. The third kappa shape index (κ3) is 2.91. The fourth-order valence-electron chi connectivity index (χ4n) is 2.88. The minimum atomic E-state index is -0.170. The van der Waals surface area contributed by atoms with Crippen molar-refractivity contribution in [3.05, 3.63) is 42.0 Å². The van der Waals surface area contributed by atoms with Gasteiger partial charge in [0, 0.05) is 19.3 Å². The van der Waals surface area contributed by atoms with Crippen molar-refractivity contribution in [2.24, 2.45) is 0 Å². The van der Waals surface area contributed by atoms with E-state index < -0.39 is 0 Å². The van der Waals surface area contributed by atoms with Crippen molar-refractivity contribution in [1.82, 2.24) is 29.8 Å². The quantitative estimate of drug-likeness (QED) is 0.802. The van der Waals surface area contributed by atoms with E-state index in [1.54, 1.807) is 34.0 Å². The molecule has 0 aromatic carbocycles. The molecule has 3 heterocycles. The molecule has 0 bridgehead atoms. The van der Waals surface area contributed by atoms with E-state index in [1.165, 1.54) is 0 Å². The van der Waals surface area contributed by atoms with Crippen LogP contribution >= 0.6 is 0 Å². The maximum absolute atomic E-state index is 12.7. The Balaban J connectivity index is 1.84. The standard InChI is InChI=1S/C15H17N7O/c1-20(2)13-9-21(10-14(13)22-7-6-17-19-22)15(23)12-5-3-4-11(8-16)18-12/h3-7,13-14H,9-10H2,1-2H3/t13-,14+/m1/s1. The number of hydrogen-bond donors (Lipinski definition) is 0. The molecule has 1 aliphatic rings. The minimum absolute atomic E-state index is 0.0376. The van der Waals surface area contributed by atoms with Crippen LogP contribution in [0.5, 0.6) is 0 Å². The summed E-state index contributed by atoms with van der Waals surface area (Å²) in [5.74, 6) is -0.170. The molecule has 0 N–H and O–H groups in total. The third-order valence-corrected chi connectivity index (χ3v) is 4.07. The first-order valence-corrected chi connectivity index (χ1v) is 7.29. The second-order valence-electron chi connectivity index (χ2n) is 5.71. The van der Waals surface area contributed by atoms with E-state index in [9.17, 15) is 4.79 Å². The van der Waals surface area contributed by atoms with Crippen LogP contribution in [0.1, 0.15) is 22.2 Å². The normalized spacial score (nSPS) is 20.7. The number of hydrogen-bond acceptors (Lipinski definition) is 6. The fourth-order valence-corrected chi connectivity index (χ4v) is 2.88. The molecule has 0 spiro atoms. The van der Waals surface area contributed by atoms with Gasteiger partial charge in [0.2, 0.25) is 0 Å². The Bertz CT molecular complexity index is 735. The van der Waals surface area contributed by atoms with Crippen LogP contribution in [0.25, 0.3) is 0 Å². The van der Waals surface area contributed by atoms with Gasteiger partial charge in [0.05, 0.1) is 18.3 Å². The molecule has 2 aromatic rings. The maximum Gasteiger partial charge on any atom is 0.272 e. The minimum Gasteiger partial charge on any atom is -0.333 e. The molecule has 0 saturated carbocycles. The van der Waals surface area contributed by atoms with E-state index >= 15 is 0 Å². The zero-order valence-corrected chi connectivity index (χ0v) is 13.0. The predicted octanol–water partition coefficient (Wildman–Crippen LogP) is 0.172. The summed E-state index contributed by atoms with van der Waals surface area (Å²) in [6.45, 7) is 1.11. The van der Waals surface area contributed by atoms with E-state index in [0.29, 0.717) is 18.8 Å². The van der Waals surface area contributed by atoms with Crippen LogP contribution in [-0.4, -0.2) is 68.9 Å². The lowest BCUT2D eigenvalue weighted by molar-refractivity contribution is 0.0775. The molecular weight excluding hydrogens is 294 g/mol. The number of carbonyl (C=O) groups excluding carboxylic acids is 1. The molecule has 118 valence electrons. The summed E-state index contributed by atoms with van der Waals surface area (Å²) in [5, 5.41) is 16.9. The van der Waals surface area contributed by atoms with Gasteiger partial charge in [0.15, 0.2) is 0 Å². The van der Waals surface area contributed by atoms with Crippen molar-refractivity contribution in [3.63, 3.8) is 0 Å². The number of aromatic nitrogens is 4. The van der Waals surface area contributed by atoms with Crippen LogP contribution in [0, 0.1) is 11.3 Å². The number of rotatable bonds is 3. The van der Waals surface area contributed by atoms with E-state index in [2.05, 4.69) is 20.2 Å². The second-order valence-corrected chi connectivity index (χ2v) is 5.71. The number of nitriles is 1. The van der Waals surface area contributed by atoms with Gasteiger partial charge in [-0.05, 0) is 26.2 Å². The van der Waals surface area contributed by atoms with Gasteiger partial charge in [-0.25, -0.2) is 9.67 Å². The monoisotopic (exact) mass is 311 g/mol. The topological polar surface area (TPSA) is 90.9 Å². The molecular formula is C15H17N7O. The van der Waals surface area contributed by atoms with Gasteiger partial charge < -0.3 is 9.80 Å². The summed E-state index contributed by atoms with van der Waals surface area (Å²) in [5.41, 5.74) is 0.535. The van der Waals surface area contributed by atoms with Crippen LogP contribution in [0.15, 0.2) is 30.6 Å². The zero-order chi connectivity index (χ0) is 16.4. The molecule has 0 radical (unpaired) electrons. The van der Waals surface area contributed by atoms with Gasteiger partial charge in [0.25, 0.3) is 5.91 Å². The lowest BCUT2D eigenvalue weighted by atomic mass is 10.1. The molecule has 8 heteroatoms. The molecule has 8 nitrogen and oxygen atoms in total. The molecule has 1 fully saturated rings. The van der Waals surface area contributed by atoms with Crippen molar-refractivity contribution >= 4 is 5.91 Å². The van der Waals surface area contributed by atoms with Crippen molar-refractivity contribution in [2.45, 2.75) is 12.1 Å². The molecule has 1 saturated heterocycles. The highest BCUT2D eigenvalue weighted by molar-refractivity contribution is 5.92. The SMILES string of the molecule is CN(C)[C@@H]1CN(C(=O)c2cccc(C#N)n2)C[C@@H]1n1ccnn1. The molecule has 1 amide bonds. The molecule has 2 atom stereocenters. The van der Waals surface area contributed by atoms with E-state index in [-0.39, 0.29) is 23.7 Å². The molecule has 1 aliphatic heterocycles. The van der Waals surface area contributed by atoms with E-state index in [0.717, 1.165) is 0 Å². The van der Waals surface area contributed by atoms with Crippen LogP contribution < -0.4 is 0 Å². The van der Waals surface area contributed by atoms with E-state index in [4.69, 9.17) is 5.26 Å². The number of pyridine rings is 1. The first-order chi connectivity index (χ1) is 11.1. The first kappa shape index (κ1) is 15.1. The average molecular weight is 311 g/mol. The summed E-state index contributed by atoms with van der Waals surface area (Å²) in [6, 6.07) is 7.03. The summed E-state index contributed by atoms with van der Waals surface area (Å²) in [6.07, 6.45) is 3.44. The Hall–Kier alpha value is -2.79. The van der Waals surface area contributed by atoms with Crippen LogP contribution in [-0.2, 0) is 0 Å². The fraction of sp³-hybridized carbons (Fsp3) is 0.400. The lowest BCUT2D eigenvalue weighted by Gasteiger charge is -2.24. The number of amides is 1. The van der Waals surface area contributed by atoms with Gasteiger partial charge in [0.1, 0.15) is 17.5 Å². The summed E-state index contributed by atoms with van der Waals surface area (Å²) < 4.78 is 1.79. The molecule has 0 unspecified atom stereocenters. The third-order valence-electron chi connectivity index (χ3n) is 4.07. The number of likely N-dealkylation sites (tertiary alicyclic amines) is 1. The maximum atomic E-state index is 12.7. The summed E-state index contributed by atoms with van der Waals surface area (Å²) in [4.78, 5) is 20.6. The Labute approximate surface area is 133 Å².